The minimum absolute atomic E-state index is 0.0486. The number of benzene rings is 1. The summed E-state index contributed by atoms with van der Waals surface area (Å²) in [5, 5.41) is 0. The van der Waals surface area contributed by atoms with Crippen LogP contribution in [0.5, 0.6) is 0 Å². The number of hydrogen-bond donors (Lipinski definition) is 0. The van der Waals surface area contributed by atoms with E-state index in [1.54, 1.807) is 6.92 Å². The summed E-state index contributed by atoms with van der Waals surface area (Å²) in [6.07, 6.45) is -0.597. The Morgan fingerprint density at radius 1 is 1.39 bits per heavy atom. The summed E-state index contributed by atoms with van der Waals surface area (Å²) in [5.74, 6) is -0.242. The maximum Gasteiger partial charge on any atom is 0.508 e. The van der Waals surface area contributed by atoms with Crippen LogP contribution in [0, 0.1) is 0 Å². The van der Waals surface area contributed by atoms with E-state index in [-0.39, 0.29) is 12.1 Å². The molecular formula is C13H16O5. The Morgan fingerprint density at radius 2 is 2.06 bits per heavy atom. The van der Waals surface area contributed by atoms with Crippen molar-refractivity contribution in [1.29, 1.82) is 0 Å². The van der Waals surface area contributed by atoms with E-state index in [1.807, 2.05) is 30.3 Å². The van der Waals surface area contributed by atoms with E-state index in [1.165, 1.54) is 6.92 Å². The fourth-order valence-corrected chi connectivity index (χ4v) is 1.18. The van der Waals surface area contributed by atoms with Gasteiger partial charge in [-0.15, -0.1) is 0 Å². The Hall–Kier alpha value is -2.04. The first-order valence-corrected chi connectivity index (χ1v) is 5.58. The lowest BCUT2D eigenvalue weighted by molar-refractivity contribution is -0.142. The number of hydrogen-bond acceptors (Lipinski definition) is 5. The summed E-state index contributed by atoms with van der Waals surface area (Å²) in [5.41, 5.74) is 1.02. The molecule has 1 atom stereocenters. The number of esters is 1. The highest BCUT2D eigenvalue weighted by Crippen LogP contribution is 2.03. The van der Waals surface area contributed by atoms with E-state index in [0.717, 1.165) is 5.56 Å². The van der Waals surface area contributed by atoms with E-state index in [0.29, 0.717) is 13.2 Å². The molecule has 0 N–H and O–H groups in total. The zero-order valence-electron chi connectivity index (χ0n) is 10.4. The molecule has 1 aliphatic heterocycles. The molecule has 0 radical (unpaired) electrons. The second-order valence-corrected chi connectivity index (χ2v) is 3.76. The summed E-state index contributed by atoms with van der Waals surface area (Å²) in [6, 6.07) is 9.60. The minimum Gasteiger partial charge on any atom is -0.461 e. The molecule has 1 fully saturated rings. The van der Waals surface area contributed by atoms with Gasteiger partial charge in [0.05, 0.1) is 0 Å². The first-order valence-electron chi connectivity index (χ1n) is 5.58. The van der Waals surface area contributed by atoms with E-state index >= 15 is 0 Å². The number of ether oxygens (including phenoxy) is 3. The smallest absolute Gasteiger partial charge is 0.461 e. The normalized spacial score (nSPS) is 17.0. The van der Waals surface area contributed by atoms with Gasteiger partial charge in [-0.1, -0.05) is 30.3 Å². The number of carbonyl (C=O) groups excluding carboxylic acids is 2. The second kappa shape index (κ2) is 7.32. The van der Waals surface area contributed by atoms with Gasteiger partial charge < -0.3 is 14.2 Å². The van der Waals surface area contributed by atoms with Crippen LogP contribution in [0.1, 0.15) is 19.4 Å². The zero-order valence-corrected chi connectivity index (χ0v) is 10.4. The quantitative estimate of drug-likeness (QED) is 0.756. The monoisotopic (exact) mass is 252 g/mol. The van der Waals surface area contributed by atoms with Crippen molar-refractivity contribution in [2.75, 3.05) is 6.61 Å². The van der Waals surface area contributed by atoms with Gasteiger partial charge in [0, 0.05) is 6.92 Å². The highest BCUT2D eigenvalue weighted by Gasteiger charge is 2.19. The molecule has 5 nitrogen and oxygen atoms in total. The standard InChI is InChI=1S/C9H10O2.C4H6O3/c1-8(10)11-7-9-5-3-2-4-6-9;1-3-2-6-4(5)7-3/h2-6H,7H2,1H3;3H,2H2,1H3. The van der Waals surface area contributed by atoms with Crippen molar-refractivity contribution in [1.82, 2.24) is 0 Å². The molecule has 1 aliphatic rings. The summed E-state index contributed by atoms with van der Waals surface area (Å²) >= 11 is 0. The highest BCUT2D eigenvalue weighted by atomic mass is 16.8. The van der Waals surface area contributed by atoms with Gasteiger partial charge in [-0.25, -0.2) is 4.79 Å². The predicted molar refractivity (Wildman–Crippen MR) is 63.8 cm³/mol. The minimum atomic E-state index is -0.549. The molecule has 0 amide bonds. The second-order valence-electron chi connectivity index (χ2n) is 3.76. The van der Waals surface area contributed by atoms with Crippen LogP contribution in [0.2, 0.25) is 0 Å². The molecule has 1 unspecified atom stereocenters. The van der Waals surface area contributed by atoms with Gasteiger partial charge in [-0.2, -0.15) is 0 Å². The molecule has 1 aromatic rings. The van der Waals surface area contributed by atoms with E-state index in [4.69, 9.17) is 4.74 Å². The number of carbonyl (C=O) groups is 2. The van der Waals surface area contributed by atoms with Crippen LogP contribution in [0.15, 0.2) is 30.3 Å². The van der Waals surface area contributed by atoms with E-state index < -0.39 is 6.16 Å². The van der Waals surface area contributed by atoms with Gasteiger partial charge in [0.2, 0.25) is 0 Å². The average Bonchev–Trinajstić information content (AvgIpc) is 2.73. The van der Waals surface area contributed by atoms with Crippen LogP contribution in [-0.4, -0.2) is 24.8 Å². The summed E-state index contributed by atoms with van der Waals surface area (Å²) in [4.78, 5) is 20.4. The third-order valence-corrected chi connectivity index (χ3v) is 2.02. The molecule has 0 aliphatic carbocycles. The zero-order chi connectivity index (χ0) is 13.4. The van der Waals surface area contributed by atoms with Gasteiger partial charge in [-0.3, -0.25) is 4.79 Å². The van der Waals surface area contributed by atoms with Crippen molar-refractivity contribution in [2.45, 2.75) is 26.6 Å². The van der Waals surface area contributed by atoms with Crippen molar-refractivity contribution in [3.8, 4) is 0 Å². The molecule has 0 spiro atoms. The van der Waals surface area contributed by atoms with Crippen LogP contribution in [0.25, 0.3) is 0 Å². The Bertz CT molecular complexity index is 388. The molecule has 18 heavy (non-hydrogen) atoms. The summed E-state index contributed by atoms with van der Waals surface area (Å²) in [7, 11) is 0. The van der Waals surface area contributed by atoms with Crippen molar-refractivity contribution in [2.24, 2.45) is 0 Å². The van der Waals surface area contributed by atoms with Crippen molar-refractivity contribution >= 4 is 12.1 Å². The van der Waals surface area contributed by atoms with Gasteiger partial charge in [0.1, 0.15) is 19.3 Å². The Labute approximate surface area is 106 Å². The first kappa shape index (κ1) is 14.0. The van der Waals surface area contributed by atoms with E-state index in [2.05, 4.69) is 9.47 Å². The maximum atomic E-state index is 10.4. The van der Waals surface area contributed by atoms with Crippen molar-refractivity contribution in [3.63, 3.8) is 0 Å². The molecule has 5 heteroatoms. The lowest BCUT2D eigenvalue weighted by atomic mass is 10.2. The molecule has 0 saturated carbocycles. The fourth-order valence-electron chi connectivity index (χ4n) is 1.18. The van der Waals surface area contributed by atoms with Crippen LogP contribution in [0.3, 0.4) is 0 Å². The number of rotatable bonds is 2. The Balaban J connectivity index is 0.000000199. The van der Waals surface area contributed by atoms with Crippen LogP contribution in [-0.2, 0) is 25.6 Å². The topological polar surface area (TPSA) is 61.8 Å². The predicted octanol–water partition coefficient (Wildman–Crippen LogP) is 2.29. The third-order valence-electron chi connectivity index (χ3n) is 2.02. The Morgan fingerprint density at radius 3 is 2.44 bits per heavy atom. The molecule has 1 saturated heterocycles. The van der Waals surface area contributed by atoms with Crippen LogP contribution >= 0.6 is 0 Å². The van der Waals surface area contributed by atoms with Gasteiger partial charge in [0.25, 0.3) is 0 Å². The Kier molecular flexibility index (Phi) is 5.70. The fraction of sp³-hybridized carbons (Fsp3) is 0.385. The highest BCUT2D eigenvalue weighted by molar-refractivity contribution is 5.65. The van der Waals surface area contributed by atoms with Gasteiger partial charge in [0.15, 0.2) is 0 Å². The molecule has 1 aromatic carbocycles. The largest absolute Gasteiger partial charge is 0.508 e. The summed E-state index contributed by atoms with van der Waals surface area (Å²) < 4.78 is 13.7. The van der Waals surface area contributed by atoms with Crippen LogP contribution in [0.4, 0.5) is 4.79 Å². The molecule has 98 valence electrons. The molecule has 1 heterocycles. The summed E-state index contributed by atoms with van der Waals surface area (Å²) in [6.45, 7) is 3.96. The van der Waals surface area contributed by atoms with E-state index in [9.17, 15) is 9.59 Å². The molecule has 0 aromatic heterocycles. The molecule has 0 bridgehead atoms. The first-order chi connectivity index (χ1) is 8.58. The lowest BCUT2D eigenvalue weighted by Gasteiger charge is -1.99. The van der Waals surface area contributed by atoms with Gasteiger partial charge >= 0.3 is 12.1 Å². The van der Waals surface area contributed by atoms with Crippen molar-refractivity contribution < 1.29 is 23.8 Å². The third kappa shape index (κ3) is 5.89. The van der Waals surface area contributed by atoms with Gasteiger partial charge in [-0.05, 0) is 12.5 Å². The van der Waals surface area contributed by atoms with Crippen molar-refractivity contribution in [3.05, 3.63) is 35.9 Å². The van der Waals surface area contributed by atoms with Crippen LogP contribution < -0.4 is 0 Å². The number of cyclic esters (lactones) is 2. The lowest BCUT2D eigenvalue weighted by Crippen LogP contribution is -2.01. The molecule has 2 rings (SSSR count). The maximum absolute atomic E-state index is 10.4. The molecular weight excluding hydrogens is 236 g/mol. The average molecular weight is 252 g/mol. The SMILES string of the molecule is CC(=O)OCc1ccccc1.CC1COC(=O)O1.